The normalized spacial score (nSPS) is 21.6. The third kappa shape index (κ3) is 4.46. The highest BCUT2D eigenvalue weighted by atomic mass is 16.6. The SMILES string of the molecule is CC(=O)c1ccc(OCC2COCCC2OC(N)=O)cc1. The number of rotatable bonds is 5. The summed E-state index contributed by atoms with van der Waals surface area (Å²) < 4.78 is 16.1. The van der Waals surface area contributed by atoms with Crippen molar-refractivity contribution in [2.75, 3.05) is 19.8 Å². The molecule has 0 aliphatic carbocycles. The van der Waals surface area contributed by atoms with Crippen LogP contribution in [0.5, 0.6) is 5.75 Å². The maximum absolute atomic E-state index is 11.2. The average molecular weight is 293 g/mol. The van der Waals surface area contributed by atoms with Crippen molar-refractivity contribution >= 4 is 11.9 Å². The molecule has 2 atom stereocenters. The molecule has 1 aromatic carbocycles. The maximum Gasteiger partial charge on any atom is 0.404 e. The van der Waals surface area contributed by atoms with Crippen LogP contribution in [-0.2, 0) is 9.47 Å². The number of hydrogen-bond acceptors (Lipinski definition) is 5. The van der Waals surface area contributed by atoms with Crippen molar-refractivity contribution < 1.29 is 23.8 Å². The minimum Gasteiger partial charge on any atom is -0.493 e. The van der Waals surface area contributed by atoms with E-state index >= 15 is 0 Å². The second-order valence-corrected chi connectivity index (χ2v) is 4.99. The molecule has 0 aromatic heterocycles. The van der Waals surface area contributed by atoms with E-state index in [2.05, 4.69) is 0 Å². The summed E-state index contributed by atoms with van der Waals surface area (Å²) in [5, 5.41) is 0. The Balaban J connectivity index is 1.90. The van der Waals surface area contributed by atoms with Gasteiger partial charge in [0.2, 0.25) is 0 Å². The minimum atomic E-state index is -0.780. The van der Waals surface area contributed by atoms with E-state index in [9.17, 15) is 9.59 Å². The van der Waals surface area contributed by atoms with Crippen LogP contribution in [0.3, 0.4) is 0 Å². The number of ether oxygens (including phenoxy) is 3. The van der Waals surface area contributed by atoms with Crippen molar-refractivity contribution in [3.8, 4) is 5.75 Å². The van der Waals surface area contributed by atoms with E-state index in [1.165, 1.54) is 6.92 Å². The fraction of sp³-hybridized carbons (Fsp3) is 0.467. The molecule has 1 heterocycles. The minimum absolute atomic E-state index is 0.0113. The molecule has 1 aromatic rings. The van der Waals surface area contributed by atoms with E-state index < -0.39 is 6.09 Å². The smallest absolute Gasteiger partial charge is 0.404 e. The highest BCUT2D eigenvalue weighted by Crippen LogP contribution is 2.20. The molecule has 0 saturated carbocycles. The molecule has 1 amide bonds. The molecule has 2 unspecified atom stereocenters. The molecular formula is C15H19NO5. The fourth-order valence-corrected chi connectivity index (χ4v) is 2.23. The van der Waals surface area contributed by atoms with Gasteiger partial charge in [-0.05, 0) is 31.2 Å². The first-order valence-electron chi connectivity index (χ1n) is 6.84. The zero-order chi connectivity index (χ0) is 15.2. The van der Waals surface area contributed by atoms with Gasteiger partial charge in [-0.25, -0.2) is 4.79 Å². The molecule has 6 nitrogen and oxygen atoms in total. The Morgan fingerprint density at radius 2 is 2.05 bits per heavy atom. The lowest BCUT2D eigenvalue weighted by molar-refractivity contribution is -0.0541. The number of Topliss-reactive ketones (excluding diaryl/α,β-unsaturated/α-hetero) is 1. The Hall–Kier alpha value is -2.08. The summed E-state index contributed by atoms with van der Waals surface area (Å²) in [5.74, 6) is 0.610. The van der Waals surface area contributed by atoms with Crippen molar-refractivity contribution in [3.05, 3.63) is 29.8 Å². The van der Waals surface area contributed by atoms with Crippen molar-refractivity contribution in [3.63, 3.8) is 0 Å². The third-order valence-electron chi connectivity index (χ3n) is 3.40. The Morgan fingerprint density at radius 3 is 2.67 bits per heavy atom. The topological polar surface area (TPSA) is 87.8 Å². The number of benzene rings is 1. The first kappa shape index (κ1) is 15.3. The molecule has 1 fully saturated rings. The zero-order valence-electron chi connectivity index (χ0n) is 11.9. The fourth-order valence-electron chi connectivity index (χ4n) is 2.23. The number of ketones is 1. The second kappa shape index (κ2) is 7.08. The summed E-state index contributed by atoms with van der Waals surface area (Å²) in [7, 11) is 0. The van der Waals surface area contributed by atoms with Gasteiger partial charge in [-0.3, -0.25) is 4.79 Å². The summed E-state index contributed by atoms with van der Waals surface area (Å²) in [4.78, 5) is 22.1. The van der Waals surface area contributed by atoms with Crippen molar-refractivity contribution in [2.45, 2.75) is 19.4 Å². The number of primary amides is 1. The molecule has 0 spiro atoms. The first-order chi connectivity index (χ1) is 10.1. The van der Waals surface area contributed by atoms with Gasteiger partial charge >= 0.3 is 6.09 Å². The predicted octanol–water partition coefficient (Wildman–Crippen LogP) is 1.77. The largest absolute Gasteiger partial charge is 0.493 e. The van der Waals surface area contributed by atoms with E-state index in [0.717, 1.165) is 0 Å². The Kier molecular flexibility index (Phi) is 5.16. The molecule has 2 rings (SSSR count). The van der Waals surface area contributed by atoms with Crippen molar-refractivity contribution in [2.24, 2.45) is 11.7 Å². The summed E-state index contributed by atoms with van der Waals surface area (Å²) >= 11 is 0. The van der Waals surface area contributed by atoms with Crippen LogP contribution in [0.2, 0.25) is 0 Å². The summed E-state index contributed by atoms with van der Waals surface area (Å²) in [5.41, 5.74) is 5.70. The zero-order valence-corrected chi connectivity index (χ0v) is 11.9. The highest BCUT2D eigenvalue weighted by molar-refractivity contribution is 5.94. The number of nitrogens with two attached hydrogens (primary N) is 1. The summed E-state index contributed by atoms with van der Waals surface area (Å²) in [6, 6.07) is 6.91. The van der Waals surface area contributed by atoms with Crippen LogP contribution in [0, 0.1) is 5.92 Å². The molecule has 6 heteroatoms. The number of carbonyl (C=O) groups is 2. The second-order valence-electron chi connectivity index (χ2n) is 4.99. The third-order valence-corrected chi connectivity index (χ3v) is 3.40. The molecule has 1 saturated heterocycles. The lowest BCUT2D eigenvalue weighted by Crippen LogP contribution is -2.40. The first-order valence-corrected chi connectivity index (χ1v) is 6.84. The predicted molar refractivity (Wildman–Crippen MR) is 75.3 cm³/mol. The van der Waals surface area contributed by atoms with Crippen LogP contribution in [0.4, 0.5) is 4.79 Å². The number of hydrogen-bond donors (Lipinski definition) is 1. The van der Waals surface area contributed by atoms with Gasteiger partial charge in [0.05, 0.1) is 25.7 Å². The average Bonchev–Trinajstić information content (AvgIpc) is 2.46. The molecule has 114 valence electrons. The monoisotopic (exact) mass is 293 g/mol. The van der Waals surface area contributed by atoms with Gasteiger partial charge in [0.1, 0.15) is 11.9 Å². The molecule has 0 bridgehead atoms. The van der Waals surface area contributed by atoms with Gasteiger partial charge in [0.25, 0.3) is 0 Å². The van der Waals surface area contributed by atoms with E-state index in [1.54, 1.807) is 24.3 Å². The van der Waals surface area contributed by atoms with Crippen LogP contribution in [0.25, 0.3) is 0 Å². The van der Waals surface area contributed by atoms with Crippen molar-refractivity contribution in [1.82, 2.24) is 0 Å². The summed E-state index contributed by atoms with van der Waals surface area (Å²) in [6.45, 7) is 2.88. The Bertz CT molecular complexity index is 499. The molecule has 1 aliphatic rings. The van der Waals surface area contributed by atoms with Crippen LogP contribution < -0.4 is 10.5 Å². The van der Waals surface area contributed by atoms with E-state index in [0.29, 0.717) is 37.6 Å². The summed E-state index contributed by atoms with van der Waals surface area (Å²) in [6.07, 6.45) is -0.453. The van der Waals surface area contributed by atoms with Crippen LogP contribution in [0.15, 0.2) is 24.3 Å². The van der Waals surface area contributed by atoms with Gasteiger partial charge < -0.3 is 19.9 Å². The maximum atomic E-state index is 11.2. The Labute approximate surface area is 123 Å². The lowest BCUT2D eigenvalue weighted by atomic mass is 9.99. The van der Waals surface area contributed by atoms with Gasteiger partial charge in [0, 0.05) is 12.0 Å². The number of carbonyl (C=O) groups excluding carboxylic acids is 2. The van der Waals surface area contributed by atoms with Gasteiger partial charge in [-0.15, -0.1) is 0 Å². The standard InChI is InChI=1S/C15H19NO5/c1-10(17)11-2-4-13(5-3-11)20-9-12-8-19-7-6-14(12)21-15(16)18/h2-5,12,14H,6-9H2,1H3,(H2,16,18). The van der Waals surface area contributed by atoms with Gasteiger partial charge in [-0.1, -0.05) is 0 Å². The quantitative estimate of drug-likeness (QED) is 0.836. The van der Waals surface area contributed by atoms with E-state index in [1.807, 2.05) is 0 Å². The number of amides is 1. The molecule has 21 heavy (non-hydrogen) atoms. The van der Waals surface area contributed by atoms with E-state index in [4.69, 9.17) is 19.9 Å². The molecule has 0 radical (unpaired) electrons. The van der Waals surface area contributed by atoms with Crippen LogP contribution in [-0.4, -0.2) is 37.8 Å². The van der Waals surface area contributed by atoms with Crippen LogP contribution in [0.1, 0.15) is 23.7 Å². The molecule has 2 N–H and O–H groups in total. The van der Waals surface area contributed by atoms with Gasteiger partial charge in [-0.2, -0.15) is 0 Å². The molecule has 1 aliphatic heterocycles. The van der Waals surface area contributed by atoms with E-state index in [-0.39, 0.29) is 17.8 Å². The Morgan fingerprint density at radius 1 is 1.33 bits per heavy atom. The van der Waals surface area contributed by atoms with Crippen LogP contribution >= 0.6 is 0 Å². The van der Waals surface area contributed by atoms with Gasteiger partial charge in [0.15, 0.2) is 5.78 Å². The highest BCUT2D eigenvalue weighted by Gasteiger charge is 2.29. The lowest BCUT2D eigenvalue weighted by Gasteiger charge is -2.30. The van der Waals surface area contributed by atoms with Crippen molar-refractivity contribution in [1.29, 1.82) is 0 Å². The molecular weight excluding hydrogens is 274 g/mol.